The highest BCUT2D eigenvalue weighted by Gasteiger charge is 2.10. The molecule has 146 valence electrons. The lowest BCUT2D eigenvalue weighted by Crippen LogP contribution is -2.06. The summed E-state index contributed by atoms with van der Waals surface area (Å²) >= 11 is 0. The van der Waals surface area contributed by atoms with E-state index in [0.29, 0.717) is 12.4 Å². The molecule has 3 aromatic rings. The molecule has 0 saturated carbocycles. The van der Waals surface area contributed by atoms with Gasteiger partial charge in [0, 0.05) is 29.6 Å². The fourth-order valence-electron chi connectivity index (χ4n) is 2.43. The molecular weight excluding hydrogens is 373 g/mol. The van der Waals surface area contributed by atoms with Crippen molar-refractivity contribution in [2.24, 2.45) is 0 Å². The number of pyridine rings is 1. The van der Waals surface area contributed by atoms with Gasteiger partial charge < -0.3 is 9.47 Å². The Bertz CT molecular complexity index is 1030. The third-order valence-electron chi connectivity index (χ3n) is 3.97. The first-order valence-corrected chi connectivity index (χ1v) is 8.83. The highest BCUT2D eigenvalue weighted by Crippen LogP contribution is 2.19. The summed E-state index contributed by atoms with van der Waals surface area (Å²) in [4.78, 5) is 27.2. The maximum absolute atomic E-state index is 13.9. The van der Waals surface area contributed by atoms with E-state index < -0.39 is 11.8 Å². The summed E-state index contributed by atoms with van der Waals surface area (Å²) in [6.07, 6.45) is 6.18. The number of Topliss-reactive ketones (excluding diaryl/α,β-unsaturated/α-hetero) is 1. The Labute approximate surface area is 167 Å². The zero-order valence-corrected chi connectivity index (χ0v) is 15.7. The number of benzene rings is 2. The molecule has 1 heterocycles. The van der Waals surface area contributed by atoms with Gasteiger partial charge in [0.1, 0.15) is 12.4 Å². The molecule has 3 rings (SSSR count). The molecule has 1 aromatic heterocycles. The summed E-state index contributed by atoms with van der Waals surface area (Å²) in [5, 5.41) is 0. The highest BCUT2D eigenvalue weighted by atomic mass is 19.1. The smallest absolute Gasteiger partial charge is 0.336 e. The third-order valence-corrected chi connectivity index (χ3v) is 3.97. The number of halogens is 1. The topological polar surface area (TPSA) is 65.5 Å². The standard InChI is InChI=1S/C23H18FNO4/c1-16(26)19-7-10-22(21(24)13-19)29-23(27)11-6-17-4-8-20(9-5-17)28-15-18-3-2-12-25-14-18/h2-14H,15H2,1H3/b11-6+. The van der Waals surface area contributed by atoms with E-state index in [1.54, 1.807) is 42.7 Å². The number of carbonyl (C=O) groups is 2. The number of ether oxygens (including phenoxy) is 2. The molecule has 0 bridgehead atoms. The van der Waals surface area contributed by atoms with E-state index in [2.05, 4.69) is 4.98 Å². The maximum atomic E-state index is 13.9. The van der Waals surface area contributed by atoms with Crippen LogP contribution in [0, 0.1) is 5.82 Å². The second-order valence-corrected chi connectivity index (χ2v) is 6.17. The second kappa shape index (κ2) is 9.41. The van der Waals surface area contributed by atoms with Crippen molar-refractivity contribution in [1.82, 2.24) is 4.98 Å². The van der Waals surface area contributed by atoms with Crippen molar-refractivity contribution in [1.29, 1.82) is 0 Å². The molecule has 29 heavy (non-hydrogen) atoms. The third kappa shape index (κ3) is 5.84. The van der Waals surface area contributed by atoms with E-state index in [9.17, 15) is 14.0 Å². The molecule has 0 N–H and O–H groups in total. The van der Waals surface area contributed by atoms with E-state index in [4.69, 9.17) is 9.47 Å². The molecule has 0 amide bonds. The predicted molar refractivity (Wildman–Crippen MR) is 106 cm³/mol. The Balaban J connectivity index is 1.55. The van der Waals surface area contributed by atoms with E-state index in [1.165, 1.54) is 25.1 Å². The van der Waals surface area contributed by atoms with Gasteiger partial charge in [-0.25, -0.2) is 9.18 Å². The van der Waals surface area contributed by atoms with E-state index in [0.717, 1.165) is 17.2 Å². The van der Waals surface area contributed by atoms with Crippen molar-refractivity contribution in [3.05, 3.63) is 95.6 Å². The number of esters is 1. The molecule has 5 nitrogen and oxygen atoms in total. The van der Waals surface area contributed by atoms with Crippen LogP contribution < -0.4 is 9.47 Å². The lowest BCUT2D eigenvalue weighted by atomic mass is 10.1. The Hall–Kier alpha value is -3.80. The summed E-state index contributed by atoms with van der Waals surface area (Å²) < 4.78 is 24.5. The lowest BCUT2D eigenvalue weighted by Gasteiger charge is -2.06. The minimum Gasteiger partial charge on any atom is -0.489 e. The fourth-order valence-corrected chi connectivity index (χ4v) is 2.43. The van der Waals surface area contributed by atoms with Crippen LogP contribution in [0.15, 0.2) is 73.1 Å². The minimum absolute atomic E-state index is 0.212. The monoisotopic (exact) mass is 391 g/mol. The van der Waals surface area contributed by atoms with Crippen LogP contribution in [0.5, 0.6) is 11.5 Å². The van der Waals surface area contributed by atoms with Gasteiger partial charge in [0.2, 0.25) is 0 Å². The van der Waals surface area contributed by atoms with Gasteiger partial charge in [0.05, 0.1) is 0 Å². The summed E-state index contributed by atoms with van der Waals surface area (Å²) in [7, 11) is 0. The second-order valence-electron chi connectivity index (χ2n) is 6.17. The number of carbonyl (C=O) groups excluding carboxylic acids is 2. The molecular formula is C23H18FNO4. The van der Waals surface area contributed by atoms with Gasteiger partial charge in [0.25, 0.3) is 0 Å². The normalized spacial score (nSPS) is 10.7. The van der Waals surface area contributed by atoms with E-state index in [1.807, 2.05) is 12.1 Å². The predicted octanol–water partition coefficient (Wildman–Crippen LogP) is 4.62. The van der Waals surface area contributed by atoms with Crippen molar-refractivity contribution in [2.45, 2.75) is 13.5 Å². The number of nitrogens with zero attached hydrogens (tertiary/aromatic N) is 1. The number of hydrogen-bond donors (Lipinski definition) is 0. The van der Waals surface area contributed by atoms with Crippen LogP contribution in [-0.4, -0.2) is 16.7 Å². The minimum atomic E-state index is -0.769. The van der Waals surface area contributed by atoms with Crippen molar-refractivity contribution in [3.8, 4) is 11.5 Å². The Kier molecular flexibility index (Phi) is 6.47. The van der Waals surface area contributed by atoms with Gasteiger partial charge >= 0.3 is 5.97 Å². The molecule has 0 radical (unpaired) electrons. The van der Waals surface area contributed by atoms with E-state index >= 15 is 0 Å². The quantitative estimate of drug-likeness (QED) is 0.254. The molecule has 0 fully saturated rings. The number of rotatable bonds is 7. The summed E-state index contributed by atoms with van der Waals surface area (Å²) in [5.41, 5.74) is 1.93. The van der Waals surface area contributed by atoms with E-state index in [-0.39, 0.29) is 17.1 Å². The molecule has 0 atom stereocenters. The van der Waals surface area contributed by atoms with Crippen molar-refractivity contribution >= 4 is 17.8 Å². The largest absolute Gasteiger partial charge is 0.489 e. The molecule has 0 saturated heterocycles. The van der Waals surface area contributed by atoms with Crippen LogP contribution in [0.25, 0.3) is 6.08 Å². The number of hydrogen-bond acceptors (Lipinski definition) is 5. The van der Waals surface area contributed by atoms with Crippen LogP contribution in [0.2, 0.25) is 0 Å². The molecule has 2 aromatic carbocycles. The molecule has 0 aliphatic heterocycles. The Morgan fingerprint density at radius 1 is 1.10 bits per heavy atom. The summed E-state index contributed by atoms with van der Waals surface area (Å²) in [6.45, 7) is 1.74. The van der Waals surface area contributed by atoms with Crippen LogP contribution in [0.3, 0.4) is 0 Å². The van der Waals surface area contributed by atoms with Crippen molar-refractivity contribution in [2.75, 3.05) is 0 Å². The van der Waals surface area contributed by atoms with Crippen LogP contribution in [0.4, 0.5) is 4.39 Å². The average Bonchev–Trinajstić information content (AvgIpc) is 2.73. The first-order chi connectivity index (χ1) is 14.0. The first-order valence-electron chi connectivity index (χ1n) is 8.83. The number of aromatic nitrogens is 1. The molecule has 0 aliphatic rings. The van der Waals surface area contributed by atoms with Crippen LogP contribution in [-0.2, 0) is 11.4 Å². The van der Waals surface area contributed by atoms with Crippen molar-refractivity contribution < 1.29 is 23.5 Å². The lowest BCUT2D eigenvalue weighted by molar-refractivity contribution is -0.129. The van der Waals surface area contributed by atoms with Crippen molar-refractivity contribution in [3.63, 3.8) is 0 Å². The van der Waals surface area contributed by atoms with Gasteiger partial charge in [-0.2, -0.15) is 0 Å². The van der Waals surface area contributed by atoms with Gasteiger partial charge in [-0.1, -0.05) is 18.2 Å². The zero-order chi connectivity index (χ0) is 20.6. The molecule has 0 spiro atoms. The zero-order valence-electron chi connectivity index (χ0n) is 15.7. The Morgan fingerprint density at radius 2 is 1.90 bits per heavy atom. The Morgan fingerprint density at radius 3 is 2.55 bits per heavy atom. The molecule has 6 heteroatoms. The van der Waals surface area contributed by atoms with Crippen LogP contribution in [0.1, 0.15) is 28.4 Å². The molecule has 0 aliphatic carbocycles. The average molecular weight is 391 g/mol. The van der Waals surface area contributed by atoms with Gasteiger partial charge in [-0.05, 0) is 55.0 Å². The van der Waals surface area contributed by atoms with Gasteiger partial charge in [-0.15, -0.1) is 0 Å². The highest BCUT2D eigenvalue weighted by molar-refractivity contribution is 5.94. The number of ketones is 1. The summed E-state index contributed by atoms with van der Waals surface area (Å²) in [6, 6.07) is 14.6. The first kappa shape index (κ1) is 19.9. The van der Waals surface area contributed by atoms with Gasteiger partial charge in [-0.3, -0.25) is 9.78 Å². The fraction of sp³-hybridized carbons (Fsp3) is 0.0870. The molecule has 0 unspecified atom stereocenters. The van der Waals surface area contributed by atoms with Gasteiger partial charge in [0.15, 0.2) is 17.3 Å². The van der Waals surface area contributed by atoms with Crippen LogP contribution >= 0.6 is 0 Å². The SMILES string of the molecule is CC(=O)c1ccc(OC(=O)/C=C/c2ccc(OCc3cccnc3)cc2)c(F)c1. The summed E-state index contributed by atoms with van der Waals surface area (Å²) in [5.74, 6) is -1.31. The maximum Gasteiger partial charge on any atom is 0.336 e.